The number of ketones is 1. The largest absolute Gasteiger partial charge is 0.393 e. The molecule has 0 saturated heterocycles. The van der Waals surface area contributed by atoms with Gasteiger partial charge in [0.25, 0.3) is 0 Å². The molecular formula is C20H32O3. The first-order chi connectivity index (χ1) is 11.0. The lowest BCUT2D eigenvalue weighted by atomic mass is 9.91. The van der Waals surface area contributed by atoms with Crippen LogP contribution in [0.5, 0.6) is 0 Å². The van der Waals surface area contributed by atoms with Crippen molar-refractivity contribution in [3.05, 3.63) is 35.9 Å². The van der Waals surface area contributed by atoms with Gasteiger partial charge < -0.3 is 9.84 Å². The smallest absolute Gasteiger partial charge is 0.168 e. The summed E-state index contributed by atoms with van der Waals surface area (Å²) in [6.45, 7) is 7.87. The predicted molar refractivity (Wildman–Crippen MR) is 94.7 cm³/mol. The quantitative estimate of drug-likeness (QED) is 0.477. The third-order valence-corrected chi connectivity index (χ3v) is 4.20. The van der Waals surface area contributed by atoms with E-state index in [2.05, 4.69) is 6.92 Å². The third kappa shape index (κ3) is 7.28. The number of benzene rings is 1. The van der Waals surface area contributed by atoms with E-state index in [0.717, 1.165) is 31.2 Å². The maximum absolute atomic E-state index is 12.7. The summed E-state index contributed by atoms with van der Waals surface area (Å²) in [4.78, 5) is 12.7. The highest BCUT2D eigenvalue weighted by molar-refractivity contribution is 5.97. The monoisotopic (exact) mass is 320 g/mol. The van der Waals surface area contributed by atoms with Gasteiger partial charge in [-0.05, 0) is 26.7 Å². The number of hydrogen-bond acceptors (Lipinski definition) is 3. The number of unbranched alkanes of at least 4 members (excludes halogenated alkanes) is 2. The average Bonchev–Trinajstić information content (AvgIpc) is 2.53. The highest BCUT2D eigenvalue weighted by Crippen LogP contribution is 2.22. The fourth-order valence-electron chi connectivity index (χ4n) is 2.90. The molecule has 130 valence electrons. The van der Waals surface area contributed by atoms with Gasteiger partial charge in [-0.25, -0.2) is 0 Å². The Bertz CT molecular complexity index is 441. The number of Topliss-reactive ketones (excluding diaryl/α,β-unsaturated/α-hetero) is 1. The minimum absolute atomic E-state index is 0.0485. The number of rotatable bonds is 11. The van der Waals surface area contributed by atoms with Crippen molar-refractivity contribution in [2.24, 2.45) is 5.92 Å². The van der Waals surface area contributed by atoms with Gasteiger partial charge in [0.15, 0.2) is 5.78 Å². The van der Waals surface area contributed by atoms with Gasteiger partial charge >= 0.3 is 0 Å². The summed E-state index contributed by atoms with van der Waals surface area (Å²) < 4.78 is 6.13. The van der Waals surface area contributed by atoms with Crippen LogP contribution in [0.15, 0.2) is 30.3 Å². The van der Waals surface area contributed by atoms with Crippen LogP contribution in [0, 0.1) is 5.92 Å². The second kappa shape index (κ2) is 10.6. The van der Waals surface area contributed by atoms with Crippen LogP contribution in [0.2, 0.25) is 0 Å². The molecule has 0 spiro atoms. The minimum Gasteiger partial charge on any atom is -0.393 e. The Morgan fingerprint density at radius 2 is 1.78 bits per heavy atom. The molecule has 23 heavy (non-hydrogen) atoms. The molecule has 0 bridgehead atoms. The summed E-state index contributed by atoms with van der Waals surface area (Å²) in [6.07, 6.45) is 4.31. The Morgan fingerprint density at radius 3 is 2.35 bits per heavy atom. The van der Waals surface area contributed by atoms with Gasteiger partial charge in [0, 0.05) is 11.5 Å². The maximum atomic E-state index is 12.7. The van der Waals surface area contributed by atoms with Gasteiger partial charge in [-0.15, -0.1) is 0 Å². The number of aliphatic hydroxyl groups is 1. The molecule has 1 aromatic carbocycles. The van der Waals surface area contributed by atoms with Gasteiger partial charge in [-0.1, -0.05) is 63.4 Å². The molecule has 1 aromatic rings. The molecule has 3 heteroatoms. The zero-order valence-electron chi connectivity index (χ0n) is 15.0. The molecule has 3 nitrogen and oxygen atoms in total. The molecule has 0 amide bonds. The van der Waals surface area contributed by atoms with Crippen molar-refractivity contribution in [2.75, 3.05) is 0 Å². The first-order valence-corrected chi connectivity index (χ1v) is 8.88. The van der Waals surface area contributed by atoms with Crippen LogP contribution >= 0.6 is 0 Å². The van der Waals surface area contributed by atoms with Crippen LogP contribution in [0.25, 0.3) is 0 Å². The van der Waals surface area contributed by atoms with Crippen molar-refractivity contribution >= 4 is 5.78 Å². The Balaban J connectivity index is 2.74. The fraction of sp³-hybridized carbons (Fsp3) is 0.650. The third-order valence-electron chi connectivity index (χ3n) is 4.20. The molecule has 1 rings (SSSR count). The van der Waals surface area contributed by atoms with Crippen molar-refractivity contribution in [3.63, 3.8) is 0 Å². The van der Waals surface area contributed by atoms with Gasteiger partial charge in [-0.3, -0.25) is 4.79 Å². The highest BCUT2D eigenvalue weighted by Gasteiger charge is 2.27. The molecule has 0 aromatic heterocycles. The topological polar surface area (TPSA) is 46.5 Å². The molecule has 4 atom stereocenters. The zero-order valence-corrected chi connectivity index (χ0v) is 15.0. The lowest BCUT2D eigenvalue weighted by Gasteiger charge is -2.27. The summed E-state index contributed by atoms with van der Waals surface area (Å²) >= 11 is 0. The molecule has 0 fully saturated rings. The number of carbonyl (C=O) groups excluding carboxylic acids is 1. The molecular weight excluding hydrogens is 288 g/mol. The molecule has 0 saturated carbocycles. The molecule has 0 aliphatic heterocycles. The van der Waals surface area contributed by atoms with E-state index in [1.807, 2.05) is 44.2 Å². The normalized spacial score (nSPS) is 16.6. The Morgan fingerprint density at radius 1 is 1.13 bits per heavy atom. The lowest BCUT2D eigenvalue weighted by molar-refractivity contribution is -0.0462. The molecule has 4 unspecified atom stereocenters. The van der Waals surface area contributed by atoms with E-state index in [1.54, 1.807) is 6.92 Å². The predicted octanol–water partition coefficient (Wildman–Crippen LogP) is 4.63. The Kier molecular flexibility index (Phi) is 9.12. The van der Waals surface area contributed by atoms with E-state index in [9.17, 15) is 9.90 Å². The number of carbonyl (C=O) groups is 1. The summed E-state index contributed by atoms with van der Waals surface area (Å²) in [6, 6.07) is 9.43. The molecule has 1 N–H and O–H groups in total. The van der Waals surface area contributed by atoms with E-state index < -0.39 is 0 Å². The van der Waals surface area contributed by atoms with Crippen LogP contribution in [0.3, 0.4) is 0 Å². The van der Waals surface area contributed by atoms with Crippen molar-refractivity contribution in [1.82, 2.24) is 0 Å². The van der Waals surface area contributed by atoms with Gasteiger partial charge in [0.05, 0.1) is 18.3 Å². The summed E-state index contributed by atoms with van der Waals surface area (Å²) in [5, 5.41) is 9.53. The summed E-state index contributed by atoms with van der Waals surface area (Å²) in [7, 11) is 0. The first-order valence-electron chi connectivity index (χ1n) is 8.88. The van der Waals surface area contributed by atoms with E-state index in [4.69, 9.17) is 4.74 Å². The number of ether oxygens (including phenoxy) is 1. The van der Waals surface area contributed by atoms with Gasteiger partial charge in [0.2, 0.25) is 0 Å². The van der Waals surface area contributed by atoms with Crippen LogP contribution in [0.4, 0.5) is 0 Å². The second-order valence-electron chi connectivity index (χ2n) is 6.58. The van der Waals surface area contributed by atoms with Gasteiger partial charge in [-0.2, -0.15) is 0 Å². The SMILES string of the molecule is CCCCCC(OC(C)CC(C)O)C(C)C(=O)c1ccccc1. The highest BCUT2D eigenvalue weighted by atomic mass is 16.5. The van der Waals surface area contributed by atoms with Gasteiger partial charge in [0.1, 0.15) is 0 Å². The molecule has 0 heterocycles. The van der Waals surface area contributed by atoms with Crippen molar-refractivity contribution in [2.45, 2.75) is 78.1 Å². The zero-order chi connectivity index (χ0) is 17.2. The van der Waals surface area contributed by atoms with Crippen molar-refractivity contribution in [1.29, 1.82) is 0 Å². The van der Waals surface area contributed by atoms with Crippen LogP contribution in [0.1, 0.15) is 70.2 Å². The molecule has 0 radical (unpaired) electrons. The lowest BCUT2D eigenvalue weighted by Crippen LogP contribution is -2.32. The average molecular weight is 320 g/mol. The van der Waals surface area contributed by atoms with Crippen LogP contribution in [-0.4, -0.2) is 29.2 Å². The van der Waals surface area contributed by atoms with Crippen LogP contribution < -0.4 is 0 Å². The first kappa shape index (κ1) is 19.9. The standard InChI is InChI=1S/C20H32O3/c1-5-6-8-13-19(23-16(3)14-15(2)21)17(4)20(22)18-11-9-7-10-12-18/h7,9-12,15-17,19,21H,5-6,8,13-14H2,1-4H3. The maximum Gasteiger partial charge on any atom is 0.168 e. The van der Waals surface area contributed by atoms with Crippen molar-refractivity contribution < 1.29 is 14.6 Å². The minimum atomic E-state index is -0.388. The number of aliphatic hydroxyl groups excluding tert-OH is 1. The van der Waals surface area contributed by atoms with E-state index in [-0.39, 0.29) is 30.0 Å². The molecule has 0 aliphatic rings. The van der Waals surface area contributed by atoms with E-state index in [0.29, 0.717) is 6.42 Å². The van der Waals surface area contributed by atoms with E-state index >= 15 is 0 Å². The Hall–Kier alpha value is -1.19. The number of hydrogen-bond donors (Lipinski definition) is 1. The molecule has 0 aliphatic carbocycles. The van der Waals surface area contributed by atoms with Crippen molar-refractivity contribution in [3.8, 4) is 0 Å². The second-order valence-corrected chi connectivity index (χ2v) is 6.58. The van der Waals surface area contributed by atoms with Crippen LogP contribution in [-0.2, 0) is 4.74 Å². The summed E-state index contributed by atoms with van der Waals surface area (Å²) in [5.41, 5.74) is 0.743. The fourth-order valence-corrected chi connectivity index (χ4v) is 2.90. The summed E-state index contributed by atoms with van der Waals surface area (Å²) in [5.74, 6) is -0.0398. The van der Waals surface area contributed by atoms with E-state index in [1.165, 1.54) is 0 Å². The Labute approximate surface area is 141 Å².